The molecule has 0 aromatic heterocycles. The van der Waals surface area contributed by atoms with Crippen molar-refractivity contribution in [3.8, 4) is 0 Å². The molecule has 0 bridgehead atoms. The summed E-state index contributed by atoms with van der Waals surface area (Å²) < 4.78 is 6.53. The first-order chi connectivity index (χ1) is 2.27. The zero-order valence-corrected chi connectivity index (χ0v) is 3.15. The van der Waals surface area contributed by atoms with Crippen LogP contribution in [0.25, 0.3) is 0 Å². The van der Waals surface area contributed by atoms with Crippen LogP contribution >= 0.6 is 0 Å². The standard InChI is InChI=1S/C4H9/c1-4(2)3/h4H,1H2,2-3H3/i1D. The van der Waals surface area contributed by atoms with Gasteiger partial charge in [-0.3, -0.25) is 0 Å². The summed E-state index contributed by atoms with van der Waals surface area (Å²) in [6.07, 6.45) is 0. The lowest BCUT2D eigenvalue weighted by atomic mass is 10.3. The van der Waals surface area contributed by atoms with Crippen molar-refractivity contribution >= 4 is 0 Å². The molecule has 0 aliphatic carbocycles. The van der Waals surface area contributed by atoms with Crippen molar-refractivity contribution in [3.05, 3.63) is 6.90 Å². The SMILES string of the molecule is [2H][CH]C(C)C. The smallest absolute Gasteiger partial charge is 0.0269 e. The Morgan fingerprint density at radius 1 is 2.00 bits per heavy atom. The van der Waals surface area contributed by atoms with E-state index in [0.29, 0.717) is 5.92 Å². The van der Waals surface area contributed by atoms with Gasteiger partial charge in [-0.15, -0.1) is 0 Å². The Kier molecular flexibility index (Phi) is 0.750. The van der Waals surface area contributed by atoms with Crippen molar-refractivity contribution < 1.29 is 1.37 Å². The minimum absolute atomic E-state index is 0.426. The molecule has 0 aliphatic heterocycles. The summed E-state index contributed by atoms with van der Waals surface area (Å²) in [7, 11) is 0. The van der Waals surface area contributed by atoms with Gasteiger partial charge in [-0.2, -0.15) is 0 Å². The van der Waals surface area contributed by atoms with Crippen molar-refractivity contribution in [1.82, 2.24) is 0 Å². The van der Waals surface area contributed by atoms with E-state index in [0.717, 1.165) is 0 Å². The van der Waals surface area contributed by atoms with E-state index in [9.17, 15) is 0 Å². The summed E-state index contributed by atoms with van der Waals surface area (Å²) in [4.78, 5) is 0. The summed E-state index contributed by atoms with van der Waals surface area (Å²) in [5.74, 6) is 0.426. The van der Waals surface area contributed by atoms with Gasteiger partial charge in [-0.1, -0.05) is 20.7 Å². The highest BCUT2D eigenvalue weighted by molar-refractivity contribution is 4.38. The molecule has 0 aromatic rings. The van der Waals surface area contributed by atoms with E-state index in [1.165, 1.54) is 6.90 Å². The van der Waals surface area contributed by atoms with E-state index in [-0.39, 0.29) is 0 Å². The van der Waals surface area contributed by atoms with Crippen LogP contribution < -0.4 is 0 Å². The molecule has 0 saturated carbocycles. The zero-order valence-electron chi connectivity index (χ0n) is 4.15. The Bertz CT molecular complexity index is 17.6. The lowest BCUT2D eigenvalue weighted by molar-refractivity contribution is 0.827. The van der Waals surface area contributed by atoms with Crippen molar-refractivity contribution in [2.24, 2.45) is 5.92 Å². The Morgan fingerprint density at radius 2 is 2.25 bits per heavy atom. The fraction of sp³-hybridized carbons (Fsp3) is 0.750. The molecule has 4 heavy (non-hydrogen) atoms. The van der Waals surface area contributed by atoms with Crippen molar-refractivity contribution in [1.29, 1.82) is 0 Å². The van der Waals surface area contributed by atoms with Crippen LogP contribution in [0.5, 0.6) is 0 Å². The minimum atomic E-state index is 0.426. The van der Waals surface area contributed by atoms with Crippen molar-refractivity contribution in [2.45, 2.75) is 13.8 Å². The molecule has 0 amide bonds. The molecule has 0 heterocycles. The van der Waals surface area contributed by atoms with Crippen LogP contribution in [0.4, 0.5) is 0 Å². The molecule has 0 aliphatic rings. The molecular formula is C4H9. The van der Waals surface area contributed by atoms with Crippen molar-refractivity contribution in [2.75, 3.05) is 0 Å². The molecule has 0 unspecified atom stereocenters. The van der Waals surface area contributed by atoms with E-state index >= 15 is 0 Å². The molecule has 0 atom stereocenters. The van der Waals surface area contributed by atoms with Gasteiger partial charge in [0.15, 0.2) is 0 Å². The van der Waals surface area contributed by atoms with Gasteiger partial charge >= 0.3 is 0 Å². The Balaban J connectivity index is 2.54. The van der Waals surface area contributed by atoms with Gasteiger partial charge in [-0.05, 0) is 5.92 Å². The Morgan fingerprint density at radius 3 is 2.25 bits per heavy atom. The molecule has 0 N–H and O–H groups in total. The molecule has 0 heteroatoms. The van der Waals surface area contributed by atoms with E-state index in [2.05, 4.69) is 0 Å². The maximum Gasteiger partial charge on any atom is 0.0269 e. The molecule has 0 fully saturated rings. The summed E-state index contributed by atoms with van der Waals surface area (Å²) in [6.45, 7) is 5.38. The Labute approximate surface area is 29.2 Å². The number of hydrogen-bond donors (Lipinski definition) is 0. The summed E-state index contributed by atoms with van der Waals surface area (Å²) in [5, 5.41) is 0. The monoisotopic (exact) mass is 58.1 g/mol. The summed E-state index contributed by atoms with van der Waals surface area (Å²) >= 11 is 0. The van der Waals surface area contributed by atoms with Crippen LogP contribution in [0.3, 0.4) is 0 Å². The molecule has 0 rings (SSSR count). The number of rotatable bonds is 1. The van der Waals surface area contributed by atoms with Gasteiger partial charge < -0.3 is 0 Å². The van der Waals surface area contributed by atoms with Crippen LogP contribution in [-0.2, 0) is 0 Å². The second-order valence-electron chi connectivity index (χ2n) is 1.24. The lowest BCUT2D eigenvalue weighted by Gasteiger charge is -1.78. The maximum atomic E-state index is 6.53. The zero-order chi connectivity index (χ0) is 4.28. The van der Waals surface area contributed by atoms with E-state index < -0.39 is 0 Å². The van der Waals surface area contributed by atoms with Gasteiger partial charge in [0.25, 0.3) is 0 Å². The quantitative estimate of drug-likeness (QED) is 0.428. The largest absolute Gasteiger partial charge is 0.0628 e. The van der Waals surface area contributed by atoms with Gasteiger partial charge in [0, 0.05) is 1.37 Å². The first-order valence-corrected chi connectivity index (χ1v) is 1.49. The van der Waals surface area contributed by atoms with Crippen LogP contribution in [0.2, 0.25) is 0 Å². The third-order valence-corrected chi connectivity index (χ3v) is 0. The summed E-state index contributed by atoms with van der Waals surface area (Å²) in [6, 6.07) is 0. The van der Waals surface area contributed by atoms with Crippen LogP contribution in [0, 0.1) is 12.8 Å². The topological polar surface area (TPSA) is 0 Å². The maximum absolute atomic E-state index is 6.53. The number of hydrogen-bond acceptors (Lipinski definition) is 0. The van der Waals surface area contributed by atoms with Crippen LogP contribution in [-0.4, -0.2) is 0 Å². The average Bonchev–Trinajstić information content (AvgIpc) is 1.38. The van der Waals surface area contributed by atoms with Gasteiger partial charge in [-0.25, -0.2) is 0 Å². The molecule has 0 nitrogen and oxygen atoms in total. The second kappa shape index (κ2) is 1.33. The first kappa shape index (κ1) is 2.25. The van der Waals surface area contributed by atoms with E-state index in [1.54, 1.807) is 0 Å². The first-order valence-electron chi connectivity index (χ1n) is 2.07. The highest BCUT2D eigenvalue weighted by Gasteiger charge is 1.68. The summed E-state index contributed by atoms with van der Waals surface area (Å²) in [5.41, 5.74) is 0. The third-order valence-electron chi connectivity index (χ3n) is 0. The fourth-order valence-electron chi connectivity index (χ4n) is 0. The minimum Gasteiger partial charge on any atom is -0.0628 e. The molecule has 0 spiro atoms. The molecule has 25 valence electrons. The van der Waals surface area contributed by atoms with Crippen molar-refractivity contribution in [3.63, 3.8) is 0 Å². The molecule has 0 saturated heterocycles. The highest BCUT2D eigenvalue weighted by Crippen LogP contribution is 1.80. The average molecular weight is 58.1 g/mol. The fourth-order valence-corrected chi connectivity index (χ4v) is 0. The Hall–Kier alpha value is 0. The van der Waals surface area contributed by atoms with Gasteiger partial charge in [0.1, 0.15) is 0 Å². The van der Waals surface area contributed by atoms with Gasteiger partial charge in [0.05, 0.1) is 0 Å². The molecule has 1 radical (unpaired) electrons. The lowest BCUT2D eigenvalue weighted by Crippen LogP contribution is -1.67. The molecule has 0 aromatic carbocycles. The molecular weight excluding hydrogens is 48.0 g/mol. The van der Waals surface area contributed by atoms with E-state index in [4.69, 9.17) is 1.37 Å². The van der Waals surface area contributed by atoms with Crippen LogP contribution in [0.15, 0.2) is 0 Å². The van der Waals surface area contributed by atoms with Crippen LogP contribution in [0.1, 0.15) is 15.2 Å². The predicted octanol–water partition coefficient (Wildman–Crippen LogP) is 1.48. The highest BCUT2D eigenvalue weighted by atomic mass is 13.7. The third kappa shape index (κ3) is 0. The normalized spacial score (nSPS) is 12.2. The van der Waals surface area contributed by atoms with Gasteiger partial charge in [0.2, 0.25) is 0 Å². The van der Waals surface area contributed by atoms with E-state index in [1.807, 2.05) is 13.8 Å². The predicted molar refractivity (Wildman–Crippen MR) is 20.2 cm³/mol. The second-order valence-corrected chi connectivity index (χ2v) is 1.24.